The topological polar surface area (TPSA) is 166 Å². The number of carbonyl (C=O) groups is 2. The number of non-ortho nitro benzene ring substituents is 1. The van der Waals surface area contributed by atoms with Crippen molar-refractivity contribution in [3.05, 3.63) is 97.6 Å². The number of benzene rings is 3. The number of aromatic nitrogens is 1. The predicted octanol–water partition coefficient (Wildman–Crippen LogP) is 5.36. The highest BCUT2D eigenvalue weighted by Crippen LogP contribution is 2.33. The highest BCUT2D eigenvalue weighted by Gasteiger charge is 2.27. The molecule has 2 N–H and O–H groups in total. The van der Waals surface area contributed by atoms with Crippen molar-refractivity contribution in [1.29, 1.82) is 0 Å². The fraction of sp³-hybridized carbons (Fsp3) is 0.0455. The molecule has 0 unspecified atom stereocenters. The van der Waals surface area contributed by atoms with Gasteiger partial charge in [-0.3, -0.25) is 25.0 Å². The standard InChI is InChI=1S/C22H14N4O7S2/c27-20(15-2-1-3-17(26(32)33)19(15)21(28)29)23-13-6-9-16-18(10-13)35-22(24-16)34-11-12-4-7-14(8-5-12)25(30)31/h1-10H,11H2,(H,23,27)(H,28,29). The van der Waals surface area contributed by atoms with Crippen molar-refractivity contribution >= 4 is 62.3 Å². The molecule has 1 amide bonds. The van der Waals surface area contributed by atoms with Gasteiger partial charge in [0.1, 0.15) is 5.56 Å². The third kappa shape index (κ3) is 5.26. The Labute approximate surface area is 204 Å². The van der Waals surface area contributed by atoms with Crippen LogP contribution < -0.4 is 5.32 Å². The van der Waals surface area contributed by atoms with E-state index in [1.165, 1.54) is 47.4 Å². The van der Waals surface area contributed by atoms with E-state index >= 15 is 0 Å². The van der Waals surface area contributed by atoms with Crippen LogP contribution in [0, 0.1) is 20.2 Å². The first-order valence-electron chi connectivity index (χ1n) is 9.81. The van der Waals surface area contributed by atoms with Crippen molar-refractivity contribution in [2.24, 2.45) is 0 Å². The molecule has 0 aliphatic carbocycles. The van der Waals surface area contributed by atoms with Gasteiger partial charge in [0.2, 0.25) is 0 Å². The zero-order chi connectivity index (χ0) is 25.1. The van der Waals surface area contributed by atoms with Gasteiger partial charge < -0.3 is 10.4 Å². The number of hydrogen-bond acceptors (Lipinski definition) is 9. The molecule has 0 bridgehead atoms. The number of anilines is 1. The van der Waals surface area contributed by atoms with Gasteiger partial charge in [0.25, 0.3) is 17.3 Å². The predicted molar refractivity (Wildman–Crippen MR) is 130 cm³/mol. The number of fused-ring (bicyclic) bond motifs is 1. The number of hydrogen-bond donors (Lipinski definition) is 2. The number of carboxylic acid groups (broad SMARTS) is 1. The number of aromatic carboxylic acids is 1. The minimum Gasteiger partial charge on any atom is -0.477 e. The molecule has 176 valence electrons. The first-order chi connectivity index (χ1) is 16.7. The van der Waals surface area contributed by atoms with Gasteiger partial charge in [0.05, 0.1) is 25.6 Å². The number of thiazole rings is 1. The lowest BCUT2D eigenvalue weighted by Crippen LogP contribution is -2.17. The molecule has 0 aliphatic heterocycles. The molecule has 0 aliphatic rings. The van der Waals surface area contributed by atoms with Crippen LogP contribution in [0.25, 0.3) is 10.2 Å². The second kappa shape index (κ2) is 9.87. The number of nitrogens with one attached hydrogen (secondary N) is 1. The summed E-state index contributed by atoms with van der Waals surface area (Å²) in [4.78, 5) is 49.5. The van der Waals surface area contributed by atoms with E-state index in [-0.39, 0.29) is 11.3 Å². The zero-order valence-corrected chi connectivity index (χ0v) is 19.2. The molecule has 4 aromatic rings. The number of nitro benzene ring substituents is 2. The summed E-state index contributed by atoms with van der Waals surface area (Å²) in [5.74, 6) is -1.80. The van der Waals surface area contributed by atoms with Crippen LogP contribution in [0.2, 0.25) is 0 Å². The van der Waals surface area contributed by atoms with Crippen molar-refractivity contribution in [1.82, 2.24) is 4.98 Å². The van der Waals surface area contributed by atoms with Crippen LogP contribution in [0.3, 0.4) is 0 Å². The number of nitrogens with zero attached hydrogens (tertiary/aromatic N) is 3. The van der Waals surface area contributed by atoms with E-state index in [0.29, 0.717) is 17.0 Å². The van der Waals surface area contributed by atoms with Crippen LogP contribution in [0.5, 0.6) is 0 Å². The number of amides is 1. The van der Waals surface area contributed by atoms with Crippen LogP contribution in [0.1, 0.15) is 26.3 Å². The lowest BCUT2D eigenvalue weighted by molar-refractivity contribution is -0.385. The fourth-order valence-electron chi connectivity index (χ4n) is 3.21. The molecule has 0 atom stereocenters. The SMILES string of the molecule is O=C(Nc1ccc2nc(SCc3ccc([N+](=O)[O-])cc3)sc2c1)c1cccc([N+](=O)[O-])c1C(=O)O. The third-order valence-corrected chi connectivity index (χ3v) is 7.07. The minimum absolute atomic E-state index is 0.0221. The van der Waals surface area contributed by atoms with Crippen molar-refractivity contribution in [2.75, 3.05) is 5.32 Å². The maximum atomic E-state index is 12.7. The van der Waals surface area contributed by atoms with E-state index in [1.54, 1.807) is 30.3 Å². The molecular formula is C22H14N4O7S2. The third-order valence-electron chi connectivity index (χ3n) is 4.83. The Kier molecular flexibility index (Phi) is 6.71. The van der Waals surface area contributed by atoms with Crippen LogP contribution in [-0.4, -0.2) is 31.8 Å². The molecule has 35 heavy (non-hydrogen) atoms. The Morgan fingerprint density at radius 1 is 1.03 bits per heavy atom. The van der Waals surface area contributed by atoms with Crippen LogP contribution in [0.4, 0.5) is 17.1 Å². The van der Waals surface area contributed by atoms with E-state index in [2.05, 4.69) is 10.3 Å². The summed E-state index contributed by atoms with van der Waals surface area (Å²) >= 11 is 2.85. The van der Waals surface area contributed by atoms with Crippen molar-refractivity contribution in [3.63, 3.8) is 0 Å². The van der Waals surface area contributed by atoms with Gasteiger partial charge in [-0.25, -0.2) is 9.78 Å². The Hall–Kier alpha value is -4.36. The van der Waals surface area contributed by atoms with Gasteiger partial charge in [-0.1, -0.05) is 30.0 Å². The van der Waals surface area contributed by atoms with E-state index in [4.69, 9.17) is 0 Å². The molecule has 3 aromatic carbocycles. The monoisotopic (exact) mass is 510 g/mol. The molecule has 0 radical (unpaired) electrons. The van der Waals surface area contributed by atoms with Crippen LogP contribution in [-0.2, 0) is 5.75 Å². The van der Waals surface area contributed by atoms with Crippen LogP contribution >= 0.6 is 23.1 Å². The van der Waals surface area contributed by atoms with Crippen LogP contribution in [0.15, 0.2) is 65.0 Å². The lowest BCUT2D eigenvalue weighted by Gasteiger charge is -2.08. The van der Waals surface area contributed by atoms with Gasteiger partial charge in [-0.15, -0.1) is 11.3 Å². The van der Waals surface area contributed by atoms with Gasteiger partial charge in [-0.05, 0) is 29.8 Å². The number of carboxylic acids is 1. The second-order valence-corrected chi connectivity index (χ2v) is 9.34. The number of rotatable bonds is 8. The summed E-state index contributed by atoms with van der Waals surface area (Å²) < 4.78 is 1.53. The Balaban J connectivity index is 1.50. The zero-order valence-electron chi connectivity index (χ0n) is 17.5. The molecule has 1 heterocycles. The largest absolute Gasteiger partial charge is 0.477 e. The summed E-state index contributed by atoms with van der Waals surface area (Å²) in [6.07, 6.45) is 0. The molecule has 0 fully saturated rings. The first-order valence-corrected chi connectivity index (χ1v) is 11.6. The molecule has 0 saturated heterocycles. The maximum Gasteiger partial charge on any atom is 0.343 e. The smallest absolute Gasteiger partial charge is 0.343 e. The summed E-state index contributed by atoms with van der Waals surface area (Å²) in [5, 5.41) is 33.9. The molecule has 4 rings (SSSR count). The van der Waals surface area contributed by atoms with Crippen molar-refractivity contribution < 1.29 is 24.5 Å². The van der Waals surface area contributed by atoms with Gasteiger partial charge in [0, 0.05) is 29.6 Å². The molecule has 1 aromatic heterocycles. The summed E-state index contributed by atoms with van der Waals surface area (Å²) in [6.45, 7) is 0. The average Bonchev–Trinajstić information content (AvgIpc) is 3.24. The highest BCUT2D eigenvalue weighted by atomic mass is 32.2. The molecule has 13 heteroatoms. The summed E-state index contributed by atoms with van der Waals surface area (Å²) in [7, 11) is 0. The summed E-state index contributed by atoms with van der Waals surface area (Å²) in [5.41, 5.74) is 0.321. The molecule has 0 saturated carbocycles. The number of nitro groups is 2. The van der Waals surface area contributed by atoms with Crippen molar-refractivity contribution in [2.45, 2.75) is 10.1 Å². The van der Waals surface area contributed by atoms with E-state index in [1.807, 2.05) is 0 Å². The molecular weight excluding hydrogens is 496 g/mol. The Morgan fingerprint density at radius 3 is 2.43 bits per heavy atom. The minimum atomic E-state index is -1.57. The molecule has 0 spiro atoms. The normalized spacial score (nSPS) is 10.7. The highest BCUT2D eigenvalue weighted by molar-refractivity contribution is 8.00. The van der Waals surface area contributed by atoms with Gasteiger partial charge in [-0.2, -0.15) is 0 Å². The van der Waals surface area contributed by atoms with E-state index in [0.717, 1.165) is 20.7 Å². The Bertz CT molecular complexity index is 1490. The van der Waals surface area contributed by atoms with E-state index in [9.17, 15) is 34.9 Å². The van der Waals surface area contributed by atoms with Gasteiger partial charge >= 0.3 is 5.97 Å². The molecule has 11 nitrogen and oxygen atoms in total. The summed E-state index contributed by atoms with van der Waals surface area (Å²) in [6, 6.07) is 14.7. The maximum absolute atomic E-state index is 12.7. The number of carbonyl (C=O) groups excluding carboxylic acids is 1. The fourth-order valence-corrected chi connectivity index (χ4v) is 5.27. The quantitative estimate of drug-likeness (QED) is 0.180. The second-order valence-electron chi connectivity index (χ2n) is 7.09. The average molecular weight is 511 g/mol. The van der Waals surface area contributed by atoms with E-state index < -0.39 is 33.0 Å². The number of thioether (sulfide) groups is 1. The van der Waals surface area contributed by atoms with Gasteiger partial charge in [0.15, 0.2) is 4.34 Å². The lowest BCUT2D eigenvalue weighted by atomic mass is 10.0. The Morgan fingerprint density at radius 2 is 1.77 bits per heavy atom. The first kappa shape index (κ1) is 23.8. The van der Waals surface area contributed by atoms with Crippen molar-refractivity contribution in [3.8, 4) is 0 Å².